The van der Waals surface area contributed by atoms with E-state index in [1.165, 1.54) is 19.1 Å². The molecule has 0 aliphatic rings. The zero-order valence-electron chi connectivity index (χ0n) is 13.9. The molecule has 1 N–H and O–H groups in total. The van der Waals surface area contributed by atoms with Crippen LogP contribution in [0, 0.1) is 32.1 Å². The molecule has 0 atom stereocenters. The third-order valence-electron chi connectivity index (χ3n) is 3.66. The molecule has 0 bridgehead atoms. The van der Waals surface area contributed by atoms with Crippen molar-refractivity contribution in [2.45, 2.75) is 34.2 Å². The van der Waals surface area contributed by atoms with Crippen molar-refractivity contribution in [3.8, 4) is 6.07 Å². The highest BCUT2D eigenvalue weighted by molar-refractivity contribution is 6.00. The van der Waals surface area contributed by atoms with E-state index in [2.05, 4.69) is 5.32 Å². The molecule has 124 valence electrons. The molecular formula is C17H17N3O4. The Hall–Kier alpha value is -3.14. The van der Waals surface area contributed by atoms with E-state index in [0.29, 0.717) is 11.4 Å². The predicted octanol–water partition coefficient (Wildman–Crippen LogP) is 2.08. The molecule has 2 heterocycles. The molecule has 0 aromatic carbocycles. The number of furan rings is 1. The lowest BCUT2D eigenvalue weighted by Gasteiger charge is -2.13. The molecule has 0 spiro atoms. The Morgan fingerprint density at radius 2 is 1.83 bits per heavy atom. The number of carbonyl (C=O) groups is 2. The molecule has 0 aliphatic carbocycles. The second kappa shape index (κ2) is 6.54. The summed E-state index contributed by atoms with van der Waals surface area (Å²) in [6.07, 6.45) is 0. The summed E-state index contributed by atoms with van der Waals surface area (Å²) in [4.78, 5) is 35.3. The Balaban J connectivity index is 2.29. The van der Waals surface area contributed by atoms with Gasteiger partial charge in [0.25, 0.3) is 0 Å². The average molecular weight is 327 g/mol. The number of pyridine rings is 1. The first-order valence-corrected chi connectivity index (χ1v) is 7.27. The second-order valence-corrected chi connectivity index (χ2v) is 5.51. The van der Waals surface area contributed by atoms with Gasteiger partial charge in [-0.1, -0.05) is 0 Å². The fourth-order valence-corrected chi connectivity index (χ4v) is 2.61. The highest BCUT2D eigenvalue weighted by atomic mass is 16.4. The van der Waals surface area contributed by atoms with Gasteiger partial charge in [-0.15, -0.1) is 0 Å². The van der Waals surface area contributed by atoms with Crippen molar-refractivity contribution in [2.24, 2.45) is 0 Å². The molecule has 2 aromatic heterocycles. The Morgan fingerprint density at radius 1 is 1.25 bits per heavy atom. The smallest absolute Gasteiger partial charge is 0.246 e. The maximum absolute atomic E-state index is 12.3. The third kappa shape index (κ3) is 3.27. The monoisotopic (exact) mass is 327 g/mol. The lowest BCUT2D eigenvalue weighted by atomic mass is 10.1. The number of Topliss-reactive ketones (excluding diaryl/α,β-unsaturated/α-hetero) is 1. The Bertz CT molecular complexity index is 902. The first kappa shape index (κ1) is 17.2. The number of aromatic nitrogens is 1. The lowest BCUT2D eigenvalue weighted by molar-refractivity contribution is -0.116. The standard InChI is InChI=1S/C17H17N3O4/c1-9-5-13(22)6-10(2)20(9)8-15(23)19-17-14(7-18)16(11(3)21)12(4)24-17/h5-6H,8H2,1-4H3,(H,19,23). The van der Waals surface area contributed by atoms with Crippen LogP contribution in [0.4, 0.5) is 5.88 Å². The minimum absolute atomic E-state index is 0.0155. The van der Waals surface area contributed by atoms with Crippen LogP contribution >= 0.6 is 0 Å². The zero-order valence-corrected chi connectivity index (χ0v) is 13.9. The van der Waals surface area contributed by atoms with Gasteiger partial charge in [0.05, 0.1) is 5.56 Å². The van der Waals surface area contributed by atoms with Crippen molar-refractivity contribution in [1.82, 2.24) is 4.57 Å². The summed E-state index contributed by atoms with van der Waals surface area (Å²) in [6.45, 7) is 6.30. The van der Waals surface area contributed by atoms with Crippen LogP contribution in [-0.4, -0.2) is 16.3 Å². The van der Waals surface area contributed by atoms with E-state index >= 15 is 0 Å². The lowest BCUT2D eigenvalue weighted by Crippen LogP contribution is -2.23. The van der Waals surface area contributed by atoms with Crippen LogP contribution in [0.1, 0.15) is 40.0 Å². The van der Waals surface area contributed by atoms with Gasteiger partial charge < -0.3 is 8.98 Å². The van der Waals surface area contributed by atoms with Gasteiger partial charge in [0.2, 0.25) is 11.8 Å². The van der Waals surface area contributed by atoms with E-state index < -0.39 is 5.91 Å². The minimum atomic E-state index is -0.426. The molecular weight excluding hydrogens is 310 g/mol. The number of anilines is 1. The number of carbonyl (C=O) groups excluding carboxylic acids is 2. The number of nitriles is 1. The van der Waals surface area contributed by atoms with E-state index in [1.807, 2.05) is 6.07 Å². The molecule has 7 heteroatoms. The van der Waals surface area contributed by atoms with Crippen LogP contribution in [0.5, 0.6) is 0 Å². The highest BCUT2D eigenvalue weighted by Gasteiger charge is 2.22. The molecule has 0 aliphatic heterocycles. The second-order valence-electron chi connectivity index (χ2n) is 5.51. The quantitative estimate of drug-likeness (QED) is 0.866. The van der Waals surface area contributed by atoms with Gasteiger partial charge in [-0.05, 0) is 27.7 Å². The molecule has 0 saturated carbocycles. The van der Waals surface area contributed by atoms with Gasteiger partial charge in [-0.25, -0.2) is 0 Å². The number of ketones is 1. The van der Waals surface area contributed by atoms with Crippen LogP contribution in [0.2, 0.25) is 0 Å². The van der Waals surface area contributed by atoms with E-state index in [-0.39, 0.29) is 40.5 Å². The van der Waals surface area contributed by atoms with Crippen molar-refractivity contribution in [3.05, 3.63) is 50.6 Å². The maximum atomic E-state index is 12.3. The molecule has 24 heavy (non-hydrogen) atoms. The van der Waals surface area contributed by atoms with Crippen molar-refractivity contribution < 1.29 is 14.0 Å². The minimum Gasteiger partial charge on any atom is -0.443 e. The summed E-state index contributed by atoms with van der Waals surface area (Å²) in [5.41, 5.74) is 1.36. The Morgan fingerprint density at radius 3 is 2.33 bits per heavy atom. The van der Waals surface area contributed by atoms with Crippen LogP contribution < -0.4 is 10.7 Å². The summed E-state index contributed by atoms with van der Waals surface area (Å²) in [7, 11) is 0. The van der Waals surface area contributed by atoms with Crippen LogP contribution in [0.15, 0.2) is 21.3 Å². The van der Waals surface area contributed by atoms with Gasteiger partial charge in [0.1, 0.15) is 23.9 Å². The van der Waals surface area contributed by atoms with Crippen molar-refractivity contribution >= 4 is 17.6 Å². The topological polar surface area (TPSA) is 105 Å². The summed E-state index contributed by atoms with van der Waals surface area (Å²) >= 11 is 0. The van der Waals surface area contributed by atoms with Crippen molar-refractivity contribution in [1.29, 1.82) is 5.26 Å². The number of amides is 1. The summed E-state index contributed by atoms with van der Waals surface area (Å²) in [5, 5.41) is 11.7. The number of nitrogens with one attached hydrogen (secondary N) is 1. The summed E-state index contributed by atoms with van der Waals surface area (Å²) in [5.74, 6) is -0.489. The normalized spacial score (nSPS) is 10.3. The summed E-state index contributed by atoms with van der Waals surface area (Å²) < 4.78 is 7.02. The number of nitrogens with zero attached hydrogens (tertiary/aromatic N) is 2. The van der Waals surface area contributed by atoms with Gasteiger partial charge in [0, 0.05) is 23.5 Å². The first-order chi connectivity index (χ1) is 11.2. The molecule has 0 fully saturated rings. The molecule has 7 nitrogen and oxygen atoms in total. The zero-order chi connectivity index (χ0) is 18.0. The fraction of sp³-hybridized carbons (Fsp3) is 0.294. The Labute approximate surface area is 138 Å². The first-order valence-electron chi connectivity index (χ1n) is 7.27. The predicted molar refractivity (Wildman–Crippen MR) is 87.0 cm³/mol. The van der Waals surface area contributed by atoms with Gasteiger partial charge in [-0.2, -0.15) is 5.26 Å². The fourth-order valence-electron chi connectivity index (χ4n) is 2.61. The largest absolute Gasteiger partial charge is 0.443 e. The average Bonchev–Trinajstić information content (AvgIpc) is 2.78. The van der Waals surface area contributed by atoms with E-state index in [9.17, 15) is 19.6 Å². The molecule has 0 radical (unpaired) electrons. The van der Waals surface area contributed by atoms with Gasteiger partial charge in [0.15, 0.2) is 11.2 Å². The van der Waals surface area contributed by atoms with E-state index in [4.69, 9.17) is 4.42 Å². The van der Waals surface area contributed by atoms with E-state index in [1.54, 1.807) is 25.3 Å². The third-order valence-corrected chi connectivity index (χ3v) is 3.66. The van der Waals surface area contributed by atoms with Crippen molar-refractivity contribution in [2.75, 3.05) is 5.32 Å². The molecule has 2 aromatic rings. The SMILES string of the molecule is CC(=O)c1c(C)oc(NC(=O)Cn2c(C)cc(=O)cc2C)c1C#N. The van der Waals surface area contributed by atoms with Crippen LogP contribution in [-0.2, 0) is 11.3 Å². The van der Waals surface area contributed by atoms with Gasteiger partial charge in [-0.3, -0.25) is 19.7 Å². The molecule has 0 unspecified atom stereocenters. The van der Waals surface area contributed by atoms with E-state index in [0.717, 1.165) is 0 Å². The van der Waals surface area contributed by atoms with Crippen LogP contribution in [0.25, 0.3) is 0 Å². The number of rotatable bonds is 4. The Kier molecular flexibility index (Phi) is 4.69. The summed E-state index contributed by atoms with van der Waals surface area (Å²) in [6, 6.07) is 4.76. The van der Waals surface area contributed by atoms with Gasteiger partial charge >= 0.3 is 0 Å². The molecule has 2 rings (SSSR count). The van der Waals surface area contributed by atoms with Crippen molar-refractivity contribution in [3.63, 3.8) is 0 Å². The molecule has 1 amide bonds. The maximum Gasteiger partial charge on any atom is 0.246 e. The molecule has 0 saturated heterocycles. The highest BCUT2D eigenvalue weighted by Crippen LogP contribution is 2.26. The number of hydrogen-bond acceptors (Lipinski definition) is 5. The van der Waals surface area contributed by atoms with Crippen LogP contribution in [0.3, 0.4) is 0 Å². The number of aryl methyl sites for hydroxylation is 3. The number of hydrogen-bond donors (Lipinski definition) is 1.